The fourth-order valence-corrected chi connectivity index (χ4v) is 1.67. The van der Waals surface area contributed by atoms with Gasteiger partial charge in [-0.3, -0.25) is 4.79 Å². The van der Waals surface area contributed by atoms with Gasteiger partial charge in [0, 0.05) is 6.54 Å². The van der Waals surface area contributed by atoms with E-state index in [2.05, 4.69) is 5.32 Å². The molecule has 1 atom stereocenters. The molecule has 1 unspecified atom stereocenters. The van der Waals surface area contributed by atoms with E-state index in [4.69, 9.17) is 15.2 Å². The molecule has 106 valence electrons. The van der Waals surface area contributed by atoms with Gasteiger partial charge in [-0.05, 0) is 30.2 Å². The predicted molar refractivity (Wildman–Crippen MR) is 74.7 cm³/mol. The lowest BCUT2D eigenvalue weighted by Crippen LogP contribution is -2.32. The molecular formula is C13H19ClN2O3. The zero-order chi connectivity index (χ0) is 13.0. The summed E-state index contributed by atoms with van der Waals surface area (Å²) < 4.78 is 10.5. The number of nitrogens with two attached hydrogens (primary N) is 1. The molecule has 0 bridgehead atoms. The van der Waals surface area contributed by atoms with Crippen LogP contribution in [0.15, 0.2) is 18.2 Å². The molecule has 3 N–H and O–H groups in total. The molecule has 1 heterocycles. The first kappa shape index (κ1) is 15.6. The number of hydrogen-bond acceptors (Lipinski definition) is 4. The lowest BCUT2D eigenvalue weighted by molar-refractivity contribution is -0.120. The van der Waals surface area contributed by atoms with Crippen molar-refractivity contribution < 1.29 is 14.3 Å². The molecule has 1 aliphatic rings. The Morgan fingerprint density at radius 2 is 2.16 bits per heavy atom. The molecule has 1 amide bonds. The quantitative estimate of drug-likeness (QED) is 0.850. The van der Waals surface area contributed by atoms with Crippen molar-refractivity contribution in [2.45, 2.75) is 13.3 Å². The predicted octanol–water partition coefficient (Wildman–Crippen LogP) is 1.09. The third-order valence-corrected chi connectivity index (χ3v) is 2.85. The molecule has 1 aromatic carbocycles. The topological polar surface area (TPSA) is 73.6 Å². The highest BCUT2D eigenvalue weighted by Gasteiger charge is 2.14. The summed E-state index contributed by atoms with van der Waals surface area (Å²) in [5.41, 5.74) is 6.40. The molecule has 0 aromatic heterocycles. The summed E-state index contributed by atoms with van der Waals surface area (Å²) in [5, 5.41) is 2.86. The number of benzene rings is 1. The molecule has 19 heavy (non-hydrogen) atoms. The normalized spacial score (nSPS) is 13.6. The molecule has 1 aliphatic heterocycles. The van der Waals surface area contributed by atoms with Gasteiger partial charge in [0.2, 0.25) is 12.7 Å². The van der Waals surface area contributed by atoms with Crippen LogP contribution in [0.4, 0.5) is 0 Å². The molecule has 5 nitrogen and oxygen atoms in total. The number of rotatable bonds is 5. The average molecular weight is 287 g/mol. The van der Waals surface area contributed by atoms with Crippen LogP contribution in [0.5, 0.6) is 11.5 Å². The van der Waals surface area contributed by atoms with Gasteiger partial charge in [0.25, 0.3) is 0 Å². The lowest BCUT2D eigenvalue weighted by atomic mass is 10.1. The van der Waals surface area contributed by atoms with Crippen LogP contribution in [0.25, 0.3) is 0 Å². The molecule has 1 aromatic rings. The van der Waals surface area contributed by atoms with E-state index in [1.54, 1.807) is 0 Å². The zero-order valence-electron chi connectivity index (χ0n) is 10.8. The van der Waals surface area contributed by atoms with Crippen molar-refractivity contribution in [1.82, 2.24) is 5.32 Å². The van der Waals surface area contributed by atoms with Crippen molar-refractivity contribution in [3.63, 3.8) is 0 Å². The number of hydrogen-bond donors (Lipinski definition) is 2. The van der Waals surface area contributed by atoms with Crippen molar-refractivity contribution in [2.75, 3.05) is 19.9 Å². The first-order valence-corrected chi connectivity index (χ1v) is 6.04. The molecule has 2 rings (SSSR count). The van der Waals surface area contributed by atoms with Gasteiger partial charge in [0.05, 0.1) is 6.42 Å². The van der Waals surface area contributed by atoms with E-state index in [1.165, 1.54) is 0 Å². The summed E-state index contributed by atoms with van der Waals surface area (Å²) in [6, 6.07) is 5.54. The molecule has 0 aliphatic carbocycles. The van der Waals surface area contributed by atoms with Crippen LogP contribution >= 0.6 is 12.4 Å². The van der Waals surface area contributed by atoms with Crippen LogP contribution in [0, 0.1) is 5.92 Å². The van der Waals surface area contributed by atoms with E-state index < -0.39 is 0 Å². The van der Waals surface area contributed by atoms with Crippen LogP contribution < -0.4 is 20.5 Å². The number of fused-ring (bicyclic) bond motifs is 1. The lowest BCUT2D eigenvalue weighted by Gasteiger charge is -2.10. The monoisotopic (exact) mass is 286 g/mol. The molecule has 6 heteroatoms. The van der Waals surface area contributed by atoms with Gasteiger partial charge in [-0.2, -0.15) is 0 Å². The number of carbonyl (C=O) groups excluding carboxylic acids is 1. The van der Waals surface area contributed by atoms with Crippen molar-refractivity contribution in [1.29, 1.82) is 0 Å². The summed E-state index contributed by atoms with van der Waals surface area (Å²) in [5.74, 6) is 1.73. The number of ether oxygens (including phenoxy) is 2. The van der Waals surface area contributed by atoms with Gasteiger partial charge in [-0.15, -0.1) is 12.4 Å². The first-order valence-electron chi connectivity index (χ1n) is 6.04. The minimum atomic E-state index is -0.00540. The summed E-state index contributed by atoms with van der Waals surface area (Å²) in [4.78, 5) is 11.7. The smallest absolute Gasteiger partial charge is 0.231 e. The number of carbonyl (C=O) groups is 1. The van der Waals surface area contributed by atoms with Crippen molar-refractivity contribution in [3.05, 3.63) is 23.8 Å². The summed E-state index contributed by atoms with van der Waals surface area (Å²) in [7, 11) is 0. The highest BCUT2D eigenvalue weighted by Crippen LogP contribution is 2.32. The van der Waals surface area contributed by atoms with E-state index in [9.17, 15) is 4.79 Å². The molecule has 0 saturated heterocycles. The Balaban J connectivity index is 0.00000180. The second-order valence-electron chi connectivity index (χ2n) is 4.51. The Labute approximate surface area is 118 Å². The van der Waals surface area contributed by atoms with Gasteiger partial charge < -0.3 is 20.5 Å². The van der Waals surface area contributed by atoms with Crippen molar-refractivity contribution >= 4 is 18.3 Å². The Kier molecular flexibility index (Phi) is 5.92. The molecule has 0 saturated carbocycles. The third kappa shape index (κ3) is 4.29. The second-order valence-corrected chi connectivity index (χ2v) is 4.51. The summed E-state index contributed by atoms with van der Waals surface area (Å²) >= 11 is 0. The Bertz CT molecular complexity index is 440. The van der Waals surface area contributed by atoms with Crippen LogP contribution in [-0.2, 0) is 11.2 Å². The highest BCUT2D eigenvalue weighted by atomic mass is 35.5. The number of amides is 1. The van der Waals surface area contributed by atoms with E-state index >= 15 is 0 Å². The molecular weight excluding hydrogens is 268 g/mol. The van der Waals surface area contributed by atoms with Crippen molar-refractivity contribution in [2.24, 2.45) is 11.7 Å². The third-order valence-electron chi connectivity index (χ3n) is 2.85. The maximum absolute atomic E-state index is 11.7. The Morgan fingerprint density at radius 1 is 1.42 bits per heavy atom. The Morgan fingerprint density at radius 3 is 2.89 bits per heavy atom. The minimum absolute atomic E-state index is 0. The zero-order valence-corrected chi connectivity index (χ0v) is 11.7. The Hall–Kier alpha value is -1.46. The van der Waals surface area contributed by atoms with Crippen LogP contribution in [0.3, 0.4) is 0 Å². The minimum Gasteiger partial charge on any atom is -0.454 e. The molecule has 0 spiro atoms. The van der Waals surface area contributed by atoms with E-state index in [0.29, 0.717) is 31.2 Å². The van der Waals surface area contributed by atoms with Gasteiger partial charge in [-0.1, -0.05) is 13.0 Å². The fourth-order valence-electron chi connectivity index (χ4n) is 1.67. The van der Waals surface area contributed by atoms with Gasteiger partial charge in [0.1, 0.15) is 0 Å². The maximum Gasteiger partial charge on any atom is 0.231 e. The largest absolute Gasteiger partial charge is 0.454 e. The summed E-state index contributed by atoms with van der Waals surface area (Å²) in [6.07, 6.45) is 0.341. The molecule has 0 radical (unpaired) electrons. The number of halogens is 1. The maximum atomic E-state index is 11.7. The highest BCUT2D eigenvalue weighted by molar-refractivity contribution is 5.85. The van der Waals surface area contributed by atoms with Crippen LogP contribution in [0.1, 0.15) is 12.5 Å². The van der Waals surface area contributed by atoms with Crippen LogP contribution in [-0.4, -0.2) is 25.8 Å². The fraction of sp³-hybridized carbons (Fsp3) is 0.462. The second kappa shape index (κ2) is 7.21. The van der Waals surface area contributed by atoms with Crippen LogP contribution in [0.2, 0.25) is 0 Å². The number of nitrogens with one attached hydrogen (secondary N) is 1. The van der Waals surface area contributed by atoms with E-state index in [1.807, 2.05) is 25.1 Å². The standard InChI is InChI=1S/C13H18N2O3.ClH/c1-9(6-14)7-15-13(16)5-10-2-3-11-12(4-10)18-8-17-11;/h2-4,9H,5-8,14H2,1H3,(H,15,16);1H. The average Bonchev–Trinajstić information content (AvgIpc) is 2.83. The van der Waals surface area contributed by atoms with E-state index in [-0.39, 0.29) is 25.1 Å². The summed E-state index contributed by atoms with van der Waals surface area (Å²) in [6.45, 7) is 3.43. The first-order chi connectivity index (χ1) is 8.69. The van der Waals surface area contributed by atoms with Crippen molar-refractivity contribution in [3.8, 4) is 11.5 Å². The van der Waals surface area contributed by atoms with E-state index in [0.717, 1.165) is 11.3 Å². The van der Waals surface area contributed by atoms with Gasteiger partial charge in [0.15, 0.2) is 11.5 Å². The SMILES string of the molecule is CC(CN)CNC(=O)Cc1ccc2c(c1)OCO2.Cl. The van der Waals surface area contributed by atoms with Gasteiger partial charge in [-0.25, -0.2) is 0 Å². The van der Waals surface area contributed by atoms with Gasteiger partial charge >= 0.3 is 0 Å². The molecule has 0 fully saturated rings.